The molecule has 1 fully saturated rings. The quantitative estimate of drug-likeness (QED) is 0.654. The van der Waals surface area contributed by atoms with E-state index in [1.807, 2.05) is 0 Å². The van der Waals surface area contributed by atoms with Crippen LogP contribution in [0.1, 0.15) is 32.6 Å². The van der Waals surface area contributed by atoms with Gasteiger partial charge in [0, 0.05) is 12.0 Å². The summed E-state index contributed by atoms with van der Waals surface area (Å²) >= 11 is 0. The molecule has 0 heterocycles. The van der Waals surface area contributed by atoms with Crippen molar-refractivity contribution in [2.45, 2.75) is 32.6 Å². The number of rotatable bonds is 4. The first kappa shape index (κ1) is 10.3. The smallest absolute Gasteiger partial charge is 0.170 e. The molecule has 0 aromatic carbocycles. The summed E-state index contributed by atoms with van der Waals surface area (Å²) in [5.41, 5.74) is 0.716. The van der Waals surface area contributed by atoms with Crippen LogP contribution in [0, 0.1) is 11.8 Å². The molecule has 0 radical (unpaired) electrons. The van der Waals surface area contributed by atoms with Crippen LogP contribution in [0.3, 0.4) is 0 Å². The van der Waals surface area contributed by atoms with Crippen LogP contribution >= 0.6 is 0 Å². The fourth-order valence-corrected chi connectivity index (χ4v) is 1.99. The van der Waals surface area contributed by atoms with Gasteiger partial charge in [-0.1, -0.05) is 0 Å². The molecule has 80 valence electrons. The second-order valence-electron chi connectivity index (χ2n) is 4.43. The molecule has 3 nitrogen and oxygen atoms in total. The lowest BCUT2D eigenvalue weighted by molar-refractivity contribution is -0.126. The van der Waals surface area contributed by atoms with Gasteiger partial charge in [-0.15, -0.1) is 0 Å². The van der Waals surface area contributed by atoms with E-state index in [0.717, 1.165) is 12.8 Å². The largest absolute Gasteiger partial charge is 0.300 e. The van der Waals surface area contributed by atoms with E-state index in [9.17, 15) is 14.4 Å². The highest BCUT2D eigenvalue weighted by atomic mass is 16.2. The maximum Gasteiger partial charge on any atom is 0.170 e. The van der Waals surface area contributed by atoms with Crippen LogP contribution < -0.4 is 0 Å². The number of Topliss-reactive ketones (excluding diaryl/α,β-unsaturated/α-hetero) is 2. The second kappa shape index (κ2) is 3.72. The molecule has 1 atom stereocenters. The van der Waals surface area contributed by atoms with Crippen molar-refractivity contribution in [1.82, 2.24) is 0 Å². The van der Waals surface area contributed by atoms with Crippen LogP contribution in [0.5, 0.6) is 0 Å². The van der Waals surface area contributed by atoms with Gasteiger partial charge in [-0.2, -0.15) is 0 Å². The molecule has 0 amide bonds. The van der Waals surface area contributed by atoms with Gasteiger partial charge in [0.25, 0.3) is 0 Å². The summed E-state index contributed by atoms with van der Waals surface area (Å²) in [7, 11) is 0. The zero-order valence-corrected chi connectivity index (χ0v) is 8.79. The Labute approximate surface area is 88.5 Å². The van der Waals surface area contributed by atoms with E-state index >= 15 is 0 Å². The van der Waals surface area contributed by atoms with Gasteiger partial charge in [0.05, 0.1) is 5.92 Å². The normalized spacial score (nSPS) is 25.7. The van der Waals surface area contributed by atoms with Gasteiger partial charge in [-0.25, -0.2) is 0 Å². The van der Waals surface area contributed by atoms with E-state index in [1.54, 1.807) is 0 Å². The Morgan fingerprint density at radius 3 is 2.60 bits per heavy atom. The second-order valence-corrected chi connectivity index (χ2v) is 4.43. The van der Waals surface area contributed by atoms with Gasteiger partial charge in [-0.3, -0.25) is 9.59 Å². The lowest BCUT2D eigenvalue weighted by atomic mass is 9.95. The standard InChI is InChI=1S/C12H14O3/c1-7(13)2-5-9-11(14)6-10(12(9)15)8-3-4-8/h6,8-9H,2-5H2,1H3. The monoisotopic (exact) mass is 206 g/mol. The third-order valence-electron chi connectivity index (χ3n) is 3.04. The Morgan fingerprint density at radius 1 is 1.40 bits per heavy atom. The highest BCUT2D eigenvalue weighted by Gasteiger charge is 2.40. The number of hydrogen-bond acceptors (Lipinski definition) is 3. The Kier molecular flexibility index (Phi) is 2.55. The minimum atomic E-state index is -0.551. The van der Waals surface area contributed by atoms with Gasteiger partial charge in [0.1, 0.15) is 5.78 Å². The van der Waals surface area contributed by atoms with Crippen molar-refractivity contribution in [1.29, 1.82) is 0 Å². The maximum absolute atomic E-state index is 11.8. The number of allylic oxidation sites excluding steroid dienone is 2. The maximum atomic E-state index is 11.8. The van der Waals surface area contributed by atoms with Crippen molar-refractivity contribution >= 4 is 17.3 Å². The van der Waals surface area contributed by atoms with E-state index in [1.165, 1.54) is 13.0 Å². The van der Waals surface area contributed by atoms with Crippen molar-refractivity contribution in [3.8, 4) is 0 Å². The summed E-state index contributed by atoms with van der Waals surface area (Å²) in [5.74, 6) is -0.296. The number of carbonyl (C=O) groups is 3. The van der Waals surface area contributed by atoms with Crippen molar-refractivity contribution < 1.29 is 14.4 Å². The van der Waals surface area contributed by atoms with Crippen LogP contribution in [0.15, 0.2) is 11.6 Å². The van der Waals surface area contributed by atoms with Gasteiger partial charge in [0.2, 0.25) is 0 Å². The number of hydrogen-bond donors (Lipinski definition) is 0. The van der Waals surface area contributed by atoms with E-state index in [4.69, 9.17) is 0 Å². The van der Waals surface area contributed by atoms with Crippen molar-refractivity contribution in [2.24, 2.45) is 11.8 Å². The topological polar surface area (TPSA) is 51.2 Å². The molecular formula is C12H14O3. The summed E-state index contributed by atoms with van der Waals surface area (Å²) in [6.45, 7) is 1.49. The Hall–Kier alpha value is -1.25. The SMILES string of the molecule is CC(=O)CCC1C(=O)C=C(C2CC2)C1=O. The summed E-state index contributed by atoms with van der Waals surface area (Å²) in [6.07, 6.45) is 4.28. The van der Waals surface area contributed by atoms with E-state index in [0.29, 0.717) is 24.3 Å². The van der Waals surface area contributed by atoms with Crippen LogP contribution in [0.4, 0.5) is 0 Å². The molecule has 0 N–H and O–H groups in total. The molecule has 3 heteroatoms. The van der Waals surface area contributed by atoms with E-state index in [2.05, 4.69) is 0 Å². The van der Waals surface area contributed by atoms with Crippen molar-refractivity contribution in [3.63, 3.8) is 0 Å². The zero-order valence-electron chi connectivity index (χ0n) is 8.79. The molecule has 0 aromatic heterocycles. The molecule has 0 spiro atoms. The highest BCUT2D eigenvalue weighted by Crippen LogP contribution is 2.41. The first-order valence-electron chi connectivity index (χ1n) is 5.38. The number of ketones is 3. The van der Waals surface area contributed by atoms with Gasteiger partial charge in [0.15, 0.2) is 11.6 Å². The molecule has 0 aliphatic heterocycles. The van der Waals surface area contributed by atoms with Gasteiger partial charge in [-0.05, 0) is 38.2 Å². The minimum absolute atomic E-state index is 0.0243. The fraction of sp³-hybridized carbons (Fsp3) is 0.583. The Balaban J connectivity index is 2.01. The highest BCUT2D eigenvalue weighted by molar-refractivity contribution is 6.22. The first-order chi connectivity index (χ1) is 7.09. The number of carbonyl (C=O) groups excluding carboxylic acids is 3. The summed E-state index contributed by atoms with van der Waals surface area (Å²) in [5, 5.41) is 0. The first-order valence-corrected chi connectivity index (χ1v) is 5.38. The Bertz CT molecular complexity index is 361. The van der Waals surface area contributed by atoms with E-state index < -0.39 is 5.92 Å². The predicted molar refractivity (Wildman–Crippen MR) is 54.2 cm³/mol. The van der Waals surface area contributed by atoms with Gasteiger partial charge >= 0.3 is 0 Å². The molecule has 1 saturated carbocycles. The van der Waals surface area contributed by atoms with Crippen molar-refractivity contribution in [2.75, 3.05) is 0 Å². The molecule has 0 saturated heterocycles. The summed E-state index contributed by atoms with van der Waals surface area (Å²) < 4.78 is 0. The van der Waals surface area contributed by atoms with Crippen LogP contribution in [0.2, 0.25) is 0 Å². The van der Waals surface area contributed by atoms with Crippen molar-refractivity contribution in [3.05, 3.63) is 11.6 Å². The van der Waals surface area contributed by atoms with Crippen LogP contribution in [0.25, 0.3) is 0 Å². The molecule has 0 aromatic rings. The average molecular weight is 206 g/mol. The molecule has 2 aliphatic rings. The van der Waals surface area contributed by atoms with Crippen LogP contribution in [-0.4, -0.2) is 17.3 Å². The summed E-state index contributed by atoms with van der Waals surface area (Å²) in [4.78, 5) is 34.1. The Morgan fingerprint density at radius 2 is 2.07 bits per heavy atom. The zero-order chi connectivity index (χ0) is 11.0. The molecule has 1 unspecified atom stereocenters. The minimum Gasteiger partial charge on any atom is -0.300 e. The lowest BCUT2D eigenvalue weighted by Gasteiger charge is -2.05. The molecule has 2 rings (SSSR count). The third kappa shape index (κ3) is 2.06. The molecular weight excluding hydrogens is 192 g/mol. The third-order valence-corrected chi connectivity index (χ3v) is 3.04. The van der Waals surface area contributed by atoms with Crippen LogP contribution in [-0.2, 0) is 14.4 Å². The van der Waals surface area contributed by atoms with E-state index in [-0.39, 0.29) is 17.3 Å². The summed E-state index contributed by atoms with van der Waals surface area (Å²) in [6, 6.07) is 0. The predicted octanol–water partition coefficient (Wildman–Crippen LogP) is 1.46. The average Bonchev–Trinajstić information content (AvgIpc) is 2.93. The molecule has 2 aliphatic carbocycles. The van der Waals surface area contributed by atoms with Gasteiger partial charge < -0.3 is 4.79 Å². The lowest BCUT2D eigenvalue weighted by Crippen LogP contribution is -2.18. The molecule has 15 heavy (non-hydrogen) atoms. The fourth-order valence-electron chi connectivity index (χ4n) is 1.99. The molecule has 0 bridgehead atoms.